The number of carbonyl (C=O) groups is 1. The van der Waals surface area contributed by atoms with Gasteiger partial charge in [-0.2, -0.15) is 0 Å². The highest BCUT2D eigenvalue weighted by Crippen LogP contribution is 2.27. The quantitative estimate of drug-likeness (QED) is 0.686. The third-order valence-corrected chi connectivity index (χ3v) is 5.92. The predicted molar refractivity (Wildman–Crippen MR) is 104 cm³/mol. The first-order valence-electron chi connectivity index (χ1n) is 9.19. The molecule has 0 N–H and O–H groups in total. The molecule has 9 heteroatoms. The van der Waals surface area contributed by atoms with E-state index in [-0.39, 0.29) is 11.9 Å². The smallest absolute Gasteiger partial charge is 0.219 e. The average molecular weight is 385 g/mol. The van der Waals surface area contributed by atoms with Gasteiger partial charge in [-0.15, -0.1) is 5.10 Å². The molecule has 1 aliphatic rings. The highest BCUT2D eigenvalue weighted by Gasteiger charge is 2.26. The molecule has 1 amide bonds. The van der Waals surface area contributed by atoms with Gasteiger partial charge in [0, 0.05) is 50.6 Å². The summed E-state index contributed by atoms with van der Waals surface area (Å²) in [4.78, 5) is 30.1. The lowest BCUT2D eigenvalue weighted by atomic mass is 10.1. The number of nitrogens with zero attached hydrogens (tertiary/aromatic N) is 7. The van der Waals surface area contributed by atoms with Gasteiger partial charge in [-0.05, 0) is 26.2 Å². The summed E-state index contributed by atoms with van der Waals surface area (Å²) < 4.78 is 1.86. The summed E-state index contributed by atoms with van der Waals surface area (Å²) in [6.45, 7) is 6.02. The largest absolute Gasteiger partial charge is 0.347 e. The number of hydrogen-bond donors (Lipinski definition) is 0. The molecule has 1 fully saturated rings. The van der Waals surface area contributed by atoms with Crippen molar-refractivity contribution < 1.29 is 4.79 Å². The highest BCUT2D eigenvalue weighted by atomic mass is 32.1. The minimum atomic E-state index is 0.0977. The Hall–Kier alpha value is -2.55. The van der Waals surface area contributed by atoms with Crippen LogP contribution in [-0.2, 0) is 11.3 Å². The zero-order chi connectivity index (χ0) is 18.8. The average Bonchev–Trinajstić information content (AvgIpc) is 3.08. The van der Waals surface area contributed by atoms with Gasteiger partial charge in [0.2, 0.25) is 16.0 Å². The van der Waals surface area contributed by atoms with E-state index < -0.39 is 0 Å². The molecule has 1 atom stereocenters. The molecule has 142 valence electrons. The van der Waals surface area contributed by atoms with Gasteiger partial charge >= 0.3 is 0 Å². The highest BCUT2D eigenvalue weighted by molar-refractivity contribution is 7.20. The van der Waals surface area contributed by atoms with Crippen molar-refractivity contribution in [1.29, 1.82) is 0 Å². The van der Waals surface area contributed by atoms with Crippen molar-refractivity contribution in [2.75, 3.05) is 18.0 Å². The molecule has 27 heavy (non-hydrogen) atoms. The monoisotopic (exact) mass is 385 g/mol. The molecular weight excluding hydrogens is 362 g/mol. The molecule has 0 aromatic carbocycles. The van der Waals surface area contributed by atoms with Crippen molar-refractivity contribution in [3.05, 3.63) is 36.2 Å². The Labute approximate surface area is 161 Å². The van der Waals surface area contributed by atoms with Gasteiger partial charge in [-0.3, -0.25) is 4.79 Å². The van der Waals surface area contributed by atoms with Crippen molar-refractivity contribution in [3.63, 3.8) is 0 Å². The van der Waals surface area contributed by atoms with Crippen LogP contribution in [-0.4, -0.2) is 54.5 Å². The van der Waals surface area contributed by atoms with Gasteiger partial charge in [-0.1, -0.05) is 11.3 Å². The summed E-state index contributed by atoms with van der Waals surface area (Å²) in [7, 11) is 0. The number of rotatable bonds is 4. The zero-order valence-corrected chi connectivity index (χ0v) is 16.4. The predicted octanol–water partition coefficient (Wildman–Crippen LogP) is 2.30. The Morgan fingerprint density at radius 3 is 2.85 bits per heavy atom. The van der Waals surface area contributed by atoms with Crippen LogP contribution in [0, 0.1) is 6.92 Å². The first-order chi connectivity index (χ1) is 13.1. The minimum absolute atomic E-state index is 0.0977. The van der Waals surface area contributed by atoms with E-state index >= 15 is 0 Å². The number of aryl methyl sites for hydroxylation is 1. The number of anilines is 1. The SMILES string of the molecule is CC(=O)N(Cc1cncnc1)[C@@H]1CCCN(c2nn3cc(C)nc3s2)CC1. The van der Waals surface area contributed by atoms with E-state index in [2.05, 4.69) is 25.0 Å². The van der Waals surface area contributed by atoms with Crippen LogP contribution in [0.2, 0.25) is 0 Å². The molecule has 0 aliphatic carbocycles. The number of imidazole rings is 1. The molecule has 0 bridgehead atoms. The fraction of sp³-hybridized carbons (Fsp3) is 0.500. The van der Waals surface area contributed by atoms with Crippen LogP contribution in [0.25, 0.3) is 4.96 Å². The number of hydrogen-bond acceptors (Lipinski definition) is 7. The Bertz CT molecular complexity index is 891. The van der Waals surface area contributed by atoms with Crippen LogP contribution in [0.4, 0.5) is 5.13 Å². The first kappa shape index (κ1) is 17.8. The standard InChI is InChI=1S/C18H23N7OS/c1-13-10-25-17(21-13)27-18(22-25)23-6-3-4-16(5-7-23)24(14(2)26)11-15-8-19-12-20-9-15/h8-10,12,16H,3-7,11H2,1-2H3/t16-/m1/s1. The van der Waals surface area contributed by atoms with E-state index in [1.54, 1.807) is 30.7 Å². The van der Waals surface area contributed by atoms with Crippen LogP contribution >= 0.6 is 11.3 Å². The van der Waals surface area contributed by atoms with Crippen molar-refractivity contribution in [2.45, 2.75) is 45.7 Å². The number of fused-ring (bicyclic) bond motifs is 1. The Kier molecular flexibility index (Phi) is 5.02. The van der Waals surface area contributed by atoms with Crippen LogP contribution in [0.15, 0.2) is 24.9 Å². The number of amides is 1. The maximum Gasteiger partial charge on any atom is 0.219 e. The fourth-order valence-electron chi connectivity index (χ4n) is 3.61. The lowest BCUT2D eigenvalue weighted by Crippen LogP contribution is -2.39. The van der Waals surface area contributed by atoms with Gasteiger partial charge < -0.3 is 9.80 Å². The third-order valence-electron chi connectivity index (χ3n) is 4.93. The van der Waals surface area contributed by atoms with Crippen molar-refractivity contribution >= 4 is 27.3 Å². The van der Waals surface area contributed by atoms with E-state index in [4.69, 9.17) is 0 Å². The topological polar surface area (TPSA) is 79.5 Å². The normalized spacial score (nSPS) is 17.9. The second-order valence-electron chi connectivity index (χ2n) is 6.96. The third kappa shape index (κ3) is 3.92. The summed E-state index contributed by atoms with van der Waals surface area (Å²) in [6.07, 6.45) is 9.96. The lowest BCUT2D eigenvalue weighted by molar-refractivity contribution is -0.132. The van der Waals surface area contributed by atoms with Gasteiger partial charge in [0.05, 0.1) is 11.9 Å². The van der Waals surface area contributed by atoms with Crippen LogP contribution in [0.3, 0.4) is 0 Å². The van der Waals surface area contributed by atoms with Crippen molar-refractivity contribution in [3.8, 4) is 0 Å². The number of aromatic nitrogens is 5. The van der Waals surface area contributed by atoms with Gasteiger partial charge in [0.25, 0.3) is 0 Å². The summed E-state index contributed by atoms with van der Waals surface area (Å²) in [5, 5.41) is 5.68. The van der Waals surface area contributed by atoms with E-state index in [1.807, 2.05) is 22.5 Å². The molecule has 0 saturated carbocycles. The van der Waals surface area contributed by atoms with E-state index in [1.165, 1.54) is 6.33 Å². The van der Waals surface area contributed by atoms with Crippen LogP contribution < -0.4 is 4.90 Å². The summed E-state index contributed by atoms with van der Waals surface area (Å²) >= 11 is 1.62. The van der Waals surface area contributed by atoms with Crippen molar-refractivity contribution in [2.24, 2.45) is 0 Å². The van der Waals surface area contributed by atoms with Crippen LogP contribution in [0.1, 0.15) is 37.4 Å². The maximum absolute atomic E-state index is 12.3. The molecule has 4 heterocycles. The maximum atomic E-state index is 12.3. The summed E-state index contributed by atoms with van der Waals surface area (Å²) in [5.41, 5.74) is 1.95. The molecule has 0 spiro atoms. The molecule has 0 radical (unpaired) electrons. The Morgan fingerprint density at radius 1 is 1.30 bits per heavy atom. The number of carbonyl (C=O) groups excluding carboxylic acids is 1. The van der Waals surface area contributed by atoms with Gasteiger partial charge in [0.15, 0.2) is 0 Å². The fourth-order valence-corrected chi connectivity index (χ4v) is 4.59. The second-order valence-corrected chi connectivity index (χ2v) is 7.89. The molecule has 8 nitrogen and oxygen atoms in total. The molecule has 3 aromatic heterocycles. The van der Waals surface area contributed by atoms with E-state index in [9.17, 15) is 4.79 Å². The Balaban J connectivity index is 1.46. The molecular formula is C18H23N7OS. The summed E-state index contributed by atoms with van der Waals surface area (Å²) in [6, 6.07) is 0.221. The molecule has 0 unspecified atom stereocenters. The first-order valence-corrected chi connectivity index (χ1v) is 10.0. The zero-order valence-electron chi connectivity index (χ0n) is 15.6. The molecule has 3 aromatic rings. The Morgan fingerprint density at radius 2 is 2.11 bits per heavy atom. The van der Waals surface area contributed by atoms with Gasteiger partial charge in [0.1, 0.15) is 6.33 Å². The molecule has 1 saturated heterocycles. The van der Waals surface area contributed by atoms with E-state index in [0.29, 0.717) is 6.54 Å². The van der Waals surface area contributed by atoms with Crippen LogP contribution in [0.5, 0.6) is 0 Å². The second kappa shape index (κ2) is 7.59. The van der Waals surface area contributed by atoms with E-state index in [0.717, 1.165) is 53.7 Å². The summed E-state index contributed by atoms with van der Waals surface area (Å²) in [5.74, 6) is 0.0977. The van der Waals surface area contributed by atoms with Gasteiger partial charge in [-0.25, -0.2) is 19.5 Å². The molecule has 1 aliphatic heterocycles. The minimum Gasteiger partial charge on any atom is -0.347 e. The van der Waals surface area contributed by atoms with Crippen molar-refractivity contribution in [1.82, 2.24) is 29.5 Å². The lowest BCUT2D eigenvalue weighted by Gasteiger charge is -2.30. The molecule has 4 rings (SSSR count).